The van der Waals surface area contributed by atoms with Gasteiger partial charge in [0.05, 0.1) is 7.11 Å². The van der Waals surface area contributed by atoms with Crippen LogP contribution in [-0.2, 0) is 0 Å². The van der Waals surface area contributed by atoms with E-state index in [0.29, 0.717) is 6.04 Å². The molecule has 1 aromatic carbocycles. The number of rotatable bonds is 6. The predicted molar refractivity (Wildman–Crippen MR) is 79.6 cm³/mol. The molecule has 0 bridgehead atoms. The third-order valence-corrected chi connectivity index (χ3v) is 4.12. The lowest BCUT2D eigenvalue weighted by molar-refractivity contribution is 0.336. The van der Waals surface area contributed by atoms with Gasteiger partial charge in [0.2, 0.25) is 0 Å². The predicted octanol–water partition coefficient (Wildman–Crippen LogP) is 2.69. The zero-order valence-corrected chi connectivity index (χ0v) is 12.4. The second-order valence-corrected chi connectivity index (χ2v) is 5.45. The number of methoxy groups -OCH3 is 1. The van der Waals surface area contributed by atoms with Crippen molar-refractivity contribution in [1.82, 2.24) is 10.2 Å². The summed E-state index contributed by atoms with van der Waals surface area (Å²) in [6, 6.07) is 8.70. The Morgan fingerprint density at radius 1 is 1.47 bits per heavy atom. The third kappa shape index (κ3) is 3.95. The second kappa shape index (κ2) is 6.92. The first-order chi connectivity index (χ1) is 9.22. The number of likely N-dealkylation sites (tertiary alicyclic amines) is 1. The fourth-order valence-corrected chi connectivity index (χ4v) is 2.74. The van der Waals surface area contributed by atoms with Crippen LogP contribution in [0.2, 0.25) is 0 Å². The molecule has 3 nitrogen and oxygen atoms in total. The van der Waals surface area contributed by atoms with Gasteiger partial charge in [-0.05, 0) is 56.6 Å². The zero-order valence-electron chi connectivity index (χ0n) is 12.4. The summed E-state index contributed by atoms with van der Waals surface area (Å²) in [7, 11) is 1.72. The van der Waals surface area contributed by atoms with E-state index in [9.17, 15) is 0 Å². The molecule has 1 saturated heterocycles. The molecule has 0 radical (unpaired) electrons. The molecule has 0 aliphatic carbocycles. The molecule has 0 aromatic heterocycles. The van der Waals surface area contributed by atoms with Crippen molar-refractivity contribution in [1.29, 1.82) is 0 Å². The van der Waals surface area contributed by atoms with Gasteiger partial charge in [0, 0.05) is 12.6 Å². The molecule has 2 unspecified atom stereocenters. The maximum absolute atomic E-state index is 5.28. The molecule has 106 valence electrons. The van der Waals surface area contributed by atoms with E-state index in [1.165, 1.54) is 31.6 Å². The summed E-state index contributed by atoms with van der Waals surface area (Å²) < 4.78 is 5.28. The minimum atomic E-state index is 0.380. The number of ether oxygens (including phenoxy) is 1. The second-order valence-electron chi connectivity index (χ2n) is 5.45. The van der Waals surface area contributed by atoms with E-state index >= 15 is 0 Å². The molecule has 0 amide bonds. The Labute approximate surface area is 116 Å². The van der Waals surface area contributed by atoms with Crippen LogP contribution in [0.1, 0.15) is 31.9 Å². The molecule has 1 aromatic rings. The quantitative estimate of drug-likeness (QED) is 0.853. The van der Waals surface area contributed by atoms with Crippen molar-refractivity contribution in [2.75, 3.05) is 33.3 Å². The first-order valence-electron chi connectivity index (χ1n) is 7.32. The van der Waals surface area contributed by atoms with E-state index in [-0.39, 0.29) is 0 Å². The maximum Gasteiger partial charge on any atom is 0.119 e. The monoisotopic (exact) mass is 262 g/mol. The molecule has 2 rings (SSSR count). The van der Waals surface area contributed by atoms with E-state index in [1.54, 1.807) is 7.11 Å². The van der Waals surface area contributed by atoms with Crippen LogP contribution in [0.4, 0.5) is 0 Å². The summed E-state index contributed by atoms with van der Waals surface area (Å²) in [6.07, 6.45) is 1.33. The van der Waals surface area contributed by atoms with Crippen LogP contribution in [0, 0.1) is 5.92 Å². The largest absolute Gasteiger partial charge is 0.497 e. The van der Waals surface area contributed by atoms with Crippen LogP contribution in [0.5, 0.6) is 5.75 Å². The fraction of sp³-hybridized carbons (Fsp3) is 0.625. The van der Waals surface area contributed by atoms with Crippen molar-refractivity contribution in [2.45, 2.75) is 26.3 Å². The van der Waals surface area contributed by atoms with Gasteiger partial charge in [0.15, 0.2) is 0 Å². The molecule has 1 heterocycles. The number of hydrogen-bond donors (Lipinski definition) is 1. The molecular formula is C16H26N2O. The first kappa shape index (κ1) is 14.4. The number of benzene rings is 1. The SMILES string of the molecule is CCN1CCC(CNC(C)c2cccc(OC)c2)C1. The van der Waals surface area contributed by atoms with E-state index in [4.69, 9.17) is 4.74 Å². The van der Waals surface area contributed by atoms with Crippen LogP contribution in [0.25, 0.3) is 0 Å². The molecule has 3 heteroatoms. The lowest BCUT2D eigenvalue weighted by Crippen LogP contribution is -2.28. The third-order valence-electron chi connectivity index (χ3n) is 4.12. The van der Waals surface area contributed by atoms with Crippen molar-refractivity contribution in [2.24, 2.45) is 5.92 Å². The highest BCUT2D eigenvalue weighted by Gasteiger charge is 2.21. The van der Waals surface area contributed by atoms with Crippen LogP contribution >= 0.6 is 0 Å². The van der Waals surface area contributed by atoms with E-state index in [1.807, 2.05) is 6.07 Å². The number of nitrogens with one attached hydrogen (secondary N) is 1. The smallest absolute Gasteiger partial charge is 0.119 e. The molecule has 19 heavy (non-hydrogen) atoms. The summed E-state index contributed by atoms with van der Waals surface area (Å²) >= 11 is 0. The lowest BCUT2D eigenvalue weighted by Gasteiger charge is -2.18. The average molecular weight is 262 g/mol. The zero-order chi connectivity index (χ0) is 13.7. The fourth-order valence-electron chi connectivity index (χ4n) is 2.74. The highest BCUT2D eigenvalue weighted by molar-refractivity contribution is 5.30. The van der Waals surface area contributed by atoms with Gasteiger partial charge in [0.25, 0.3) is 0 Å². The van der Waals surface area contributed by atoms with E-state index < -0.39 is 0 Å². The van der Waals surface area contributed by atoms with Gasteiger partial charge >= 0.3 is 0 Å². The lowest BCUT2D eigenvalue weighted by atomic mass is 10.1. The molecule has 1 fully saturated rings. The summed E-state index contributed by atoms with van der Waals surface area (Å²) in [5.74, 6) is 1.73. The standard InChI is InChI=1S/C16H26N2O/c1-4-18-9-8-14(12-18)11-17-13(2)15-6-5-7-16(10-15)19-3/h5-7,10,13-14,17H,4,8-9,11-12H2,1-3H3. The molecule has 2 atom stereocenters. The Bertz CT molecular complexity index is 394. The topological polar surface area (TPSA) is 24.5 Å². The average Bonchev–Trinajstić information content (AvgIpc) is 2.93. The van der Waals surface area contributed by atoms with Gasteiger partial charge in [0.1, 0.15) is 5.75 Å². The van der Waals surface area contributed by atoms with Crippen LogP contribution in [0.15, 0.2) is 24.3 Å². The summed E-state index contributed by atoms with van der Waals surface area (Å²) in [5.41, 5.74) is 1.30. The molecule has 1 aliphatic heterocycles. The maximum atomic E-state index is 5.28. The Morgan fingerprint density at radius 2 is 2.32 bits per heavy atom. The minimum absolute atomic E-state index is 0.380. The summed E-state index contributed by atoms with van der Waals surface area (Å²) in [6.45, 7) is 9.26. The van der Waals surface area contributed by atoms with Gasteiger partial charge < -0.3 is 15.0 Å². The van der Waals surface area contributed by atoms with E-state index in [0.717, 1.165) is 18.2 Å². The Kier molecular flexibility index (Phi) is 5.23. The van der Waals surface area contributed by atoms with Crippen molar-refractivity contribution >= 4 is 0 Å². The Balaban J connectivity index is 1.82. The molecule has 1 N–H and O–H groups in total. The Hall–Kier alpha value is -1.06. The summed E-state index contributed by atoms with van der Waals surface area (Å²) in [5, 5.41) is 3.65. The van der Waals surface area contributed by atoms with Gasteiger partial charge in [-0.3, -0.25) is 0 Å². The van der Waals surface area contributed by atoms with Crippen molar-refractivity contribution in [3.8, 4) is 5.75 Å². The van der Waals surface area contributed by atoms with E-state index in [2.05, 4.69) is 42.3 Å². The van der Waals surface area contributed by atoms with Crippen LogP contribution in [-0.4, -0.2) is 38.2 Å². The molecular weight excluding hydrogens is 236 g/mol. The van der Waals surface area contributed by atoms with Crippen molar-refractivity contribution in [3.63, 3.8) is 0 Å². The van der Waals surface area contributed by atoms with Gasteiger partial charge in [-0.15, -0.1) is 0 Å². The number of hydrogen-bond acceptors (Lipinski definition) is 3. The minimum Gasteiger partial charge on any atom is -0.497 e. The van der Waals surface area contributed by atoms with Crippen LogP contribution in [0.3, 0.4) is 0 Å². The molecule has 0 saturated carbocycles. The first-order valence-corrected chi connectivity index (χ1v) is 7.32. The van der Waals surface area contributed by atoms with Crippen LogP contribution < -0.4 is 10.1 Å². The summed E-state index contributed by atoms with van der Waals surface area (Å²) in [4.78, 5) is 2.53. The van der Waals surface area contributed by atoms with Gasteiger partial charge in [-0.25, -0.2) is 0 Å². The van der Waals surface area contributed by atoms with Gasteiger partial charge in [-0.2, -0.15) is 0 Å². The van der Waals surface area contributed by atoms with Gasteiger partial charge in [-0.1, -0.05) is 19.1 Å². The molecule has 0 spiro atoms. The number of nitrogens with zero attached hydrogens (tertiary/aromatic N) is 1. The molecule has 1 aliphatic rings. The highest BCUT2D eigenvalue weighted by atomic mass is 16.5. The van der Waals surface area contributed by atoms with Crippen molar-refractivity contribution in [3.05, 3.63) is 29.8 Å². The van der Waals surface area contributed by atoms with Crippen molar-refractivity contribution < 1.29 is 4.74 Å². The Morgan fingerprint density at radius 3 is 3.00 bits per heavy atom. The highest BCUT2D eigenvalue weighted by Crippen LogP contribution is 2.20. The normalized spacial score (nSPS) is 21.5.